The summed E-state index contributed by atoms with van der Waals surface area (Å²) in [6.45, 7) is 1.26. The summed E-state index contributed by atoms with van der Waals surface area (Å²) < 4.78 is 66.8. The third kappa shape index (κ3) is 5.53. The Balaban J connectivity index is 1.29. The van der Waals surface area contributed by atoms with Gasteiger partial charge in [0.15, 0.2) is 0 Å². The zero-order valence-corrected chi connectivity index (χ0v) is 22.5. The van der Waals surface area contributed by atoms with Crippen molar-refractivity contribution in [2.45, 2.75) is 43.9 Å². The molecule has 3 heterocycles. The largest absolute Gasteiger partial charge is 0.490 e. The number of carbonyl (C=O) groups excluding carboxylic acids is 1. The van der Waals surface area contributed by atoms with Gasteiger partial charge in [0.1, 0.15) is 41.1 Å². The summed E-state index contributed by atoms with van der Waals surface area (Å²) >= 11 is 5.96. The Morgan fingerprint density at radius 2 is 2.00 bits per heavy atom. The number of halogens is 5. The van der Waals surface area contributed by atoms with Crippen LogP contribution in [0.25, 0.3) is 22.2 Å². The number of fused-ring (bicyclic) bond motifs is 2. The molecule has 11 heteroatoms. The molecule has 0 bridgehead atoms. The van der Waals surface area contributed by atoms with E-state index in [1.165, 1.54) is 18.2 Å². The van der Waals surface area contributed by atoms with Gasteiger partial charge in [-0.15, -0.1) is 0 Å². The van der Waals surface area contributed by atoms with Crippen LogP contribution in [0.1, 0.15) is 53.2 Å². The lowest BCUT2D eigenvalue weighted by Gasteiger charge is -2.18. The number of ether oxygens (including phenoxy) is 2. The minimum atomic E-state index is -4.54. The van der Waals surface area contributed by atoms with Gasteiger partial charge in [-0.25, -0.2) is 9.37 Å². The third-order valence-electron chi connectivity index (χ3n) is 7.20. The van der Waals surface area contributed by atoms with Crippen molar-refractivity contribution in [1.82, 2.24) is 15.3 Å². The highest BCUT2D eigenvalue weighted by Crippen LogP contribution is 2.48. The standard InChI is InChI=1S/C30H24ClF4N3O3/c1-15(13-37-29(39)18-9-16-3-2-8-36-26(16)25(11-18)41-19-5-6-19)24-12-20-21(30(33,34)35)14-40-28(20)27(38-24)17-4-7-23(32)22(31)10-17/h2-4,7-12,15,19,21H,5-6,13-14H2,1H3,(H,37,39)/t15-,21?/m1/s1. The van der Waals surface area contributed by atoms with Crippen molar-refractivity contribution < 1.29 is 31.8 Å². The Morgan fingerprint density at radius 1 is 1.20 bits per heavy atom. The van der Waals surface area contributed by atoms with E-state index in [0.29, 0.717) is 28.1 Å². The summed E-state index contributed by atoms with van der Waals surface area (Å²) in [6, 6.07) is 12.2. The molecule has 4 aromatic rings. The van der Waals surface area contributed by atoms with Crippen LogP contribution in [0, 0.1) is 5.82 Å². The molecule has 2 aromatic carbocycles. The second-order valence-electron chi connectivity index (χ2n) is 10.3. The molecule has 1 unspecified atom stereocenters. The number of carbonyl (C=O) groups is 1. The molecule has 0 spiro atoms. The average Bonchev–Trinajstić information content (AvgIpc) is 3.65. The van der Waals surface area contributed by atoms with Gasteiger partial charge in [-0.2, -0.15) is 13.2 Å². The molecule has 212 valence electrons. The van der Waals surface area contributed by atoms with Gasteiger partial charge < -0.3 is 14.8 Å². The minimum absolute atomic E-state index is 0.0112. The third-order valence-corrected chi connectivity index (χ3v) is 7.49. The van der Waals surface area contributed by atoms with Crippen molar-refractivity contribution in [2.75, 3.05) is 13.2 Å². The van der Waals surface area contributed by atoms with E-state index < -0.39 is 30.4 Å². The second kappa shape index (κ2) is 10.5. The lowest BCUT2D eigenvalue weighted by Crippen LogP contribution is -2.28. The van der Waals surface area contributed by atoms with Crippen LogP contribution in [-0.4, -0.2) is 41.3 Å². The molecular formula is C30H24ClF4N3O3. The number of nitrogens with one attached hydrogen (secondary N) is 1. The first-order valence-electron chi connectivity index (χ1n) is 13.1. The van der Waals surface area contributed by atoms with Gasteiger partial charge in [-0.3, -0.25) is 9.78 Å². The van der Waals surface area contributed by atoms with Gasteiger partial charge >= 0.3 is 6.18 Å². The van der Waals surface area contributed by atoms with Crippen molar-refractivity contribution in [2.24, 2.45) is 0 Å². The normalized spacial score (nSPS) is 17.2. The molecule has 1 aliphatic carbocycles. The number of rotatable bonds is 7. The lowest BCUT2D eigenvalue weighted by molar-refractivity contribution is -0.151. The molecule has 6 rings (SSSR count). The number of benzene rings is 2. The Hall–Kier alpha value is -3.92. The van der Waals surface area contributed by atoms with E-state index in [4.69, 9.17) is 21.1 Å². The van der Waals surface area contributed by atoms with E-state index in [1.54, 1.807) is 31.3 Å². The monoisotopic (exact) mass is 585 g/mol. The van der Waals surface area contributed by atoms with Gasteiger partial charge in [-0.05, 0) is 55.3 Å². The van der Waals surface area contributed by atoms with E-state index in [1.807, 2.05) is 6.07 Å². The van der Waals surface area contributed by atoms with Crippen molar-refractivity contribution in [1.29, 1.82) is 0 Å². The maximum absolute atomic E-state index is 13.8. The van der Waals surface area contributed by atoms with E-state index in [0.717, 1.165) is 24.3 Å². The van der Waals surface area contributed by atoms with Gasteiger partial charge in [0, 0.05) is 46.4 Å². The quantitative estimate of drug-likeness (QED) is 0.232. The summed E-state index contributed by atoms with van der Waals surface area (Å²) in [5, 5.41) is 3.43. The summed E-state index contributed by atoms with van der Waals surface area (Å²) in [5.41, 5.74) is 1.76. The number of aromatic nitrogens is 2. The highest BCUT2D eigenvalue weighted by molar-refractivity contribution is 6.31. The van der Waals surface area contributed by atoms with E-state index >= 15 is 0 Å². The number of hydrogen-bond acceptors (Lipinski definition) is 5. The number of pyridine rings is 2. The molecule has 0 saturated heterocycles. The summed E-state index contributed by atoms with van der Waals surface area (Å²) in [5.74, 6) is -2.83. The molecular weight excluding hydrogens is 562 g/mol. The molecule has 6 nitrogen and oxygen atoms in total. The minimum Gasteiger partial charge on any atom is -0.490 e. The summed E-state index contributed by atoms with van der Waals surface area (Å²) in [6.07, 6.45) is -0.871. The Morgan fingerprint density at radius 3 is 2.73 bits per heavy atom. The van der Waals surface area contributed by atoms with Gasteiger partial charge in [0.05, 0.1) is 11.1 Å². The fourth-order valence-corrected chi connectivity index (χ4v) is 4.98. The summed E-state index contributed by atoms with van der Waals surface area (Å²) in [7, 11) is 0. The van der Waals surface area contributed by atoms with Crippen LogP contribution in [0.2, 0.25) is 5.02 Å². The van der Waals surface area contributed by atoms with Crippen molar-refractivity contribution in [3.05, 3.63) is 82.4 Å². The number of nitrogens with zero attached hydrogens (tertiary/aromatic N) is 2. The zero-order valence-electron chi connectivity index (χ0n) is 21.8. The van der Waals surface area contributed by atoms with Crippen LogP contribution in [0.5, 0.6) is 11.5 Å². The van der Waals surface area contributed by atoms with Gasteiger partial charge in [0.2, 0.25) is 0 Å². The predicted octanol–water partition coefficient (Wildman–Crippen LogP) is 7.20. The molecule has 1 saturated carbocycles. The molecule has 0 radical (unpaired) electrons. The molecule has 41 heavy (non-hydrogen) atoms. The summed E-state index contributed by atoms with van der Waals surface area (Å²) in [4.78, 5) is 22.2. The van der Waals surface area contributed by atoms with Crippen LogP contribution in [0.4, 0.5) is 17.6 Å². The number of alkyl halides is 3. The molecule has 1 amide bonds. The number of hydrogen-bond donors (Lipinski definition) is 1. The Kier molecular flexibility index (Phi) is 6.97. The van der Waals surface area contributed by atoms with Crippen LogP contribution in [0.3, 0.4) is 0 Å². The highest BCUT2D eigenvalue weighted by atomic mass is 35.5. The van der Waals surface area contributed by atoms with Crippen molar-refractivity contribution in [3.63, 3.8) is 0 Å². The van der Waals surface area contributed by atoms with Crippen molar-refractivity contribution in [3.8, 4) is 22.8 Å². The first-order valence-corrected chi connectivity index (χ1v) is 13.5. The van der Waals surface area contributed by atoms with Gasteiger partial charge in [0.25, 0.3) is 5.91 Å². The van der Waals surface area contributed by atoms with E-state index in [-0.39, 0.29) is 40.6 Å². The lowest BCUT2D eigenvalue weighted by atomic mass is 9.95. The van der Waals surface area contributed by atoms with Crippen molar-refractivity contribution >= 4 is 28.4 Å². The topological polar surface area (TPSA) is 73.3 Å². The smallest absolute Gasteiger partial charge is 0.399 e. The van der Waals surface area contributed by atoms with Gasteiger partial charge in [-0.1, -0.05) is 24.6 Å². The molecule has 2 atom stereocenters. The first kappa shape index (κ1) is 27.3. The Bertz CT molecular complexity index is 1660. The average molecular weight is 586 g/mol. The molecule has 1 fully saturated rings. The molecule has 2 aromatic heterocycles. The second-order valence-corrected chi connectivity index (χ2v) is 10.7. The SMILES string of the molecule is C[C@H](CNC(=O)c1cc(OC2CC2)c2ncccc2c1)c1cc2c(c(-c3ccc(F)c(Cl)c3)n1)OCC2C(F)(F)F. The van der Waals surface area contributed by atoms with Crippen LogP contribution < -0.4 is 14.8 Å². The van der Waals surface area contributed by atoms with E-state index in [9.17, 15) is 22.4 Å². The molecule has 1 N–H and O–H groups in total. The highest BCUT2D eigenvalue weighted by Gasteiger charge is 2.47. The molecule has 1 aliphatic heterocycles. The number of amides is 1. The van der Waals surface area contributed by atoms with Crippen LogP contribution >= 0.6 is 11.6 Å². The molecule has 2 aliphatic rings. The zero-order chi connectivity index (χ0) is 28.9. The fraction of sp³-hybridized carbons (Fsp3) is 0.300. The van der Waals surface area contributed by atoms with Crippen LogP contribution in [0.15, 0.2) is 54.7 Å². The Labute approximate surface area is 237 Å². The predicted molar refractivity (Wildman–Crippen MR) is 145 cm³/mol. The fourth-order valence-electron chi connectivity index (χ4n) is 4.80. The maximum atomic E-state index is 13.8. The van der Waals surface area contributed by atoms with Crippen LogP contribution in [-0.2, 0) is 0 Å². The first-order chi connectivity index (χ1) is 19.6. The maximum Gasteiger partial charge on any atom is 0.399 e. The van der Waals surface area contributed by atoms with E-state index in [2.05, 4.69) is 15.3 Å².